The minimum Gasteiger partial charge on any atom is -0.336 e. The number of rotatable bonds is 6. The molecule has 1 aromatic heterocycles. The molecule has 0 bridgehead atoms. The van der Waals surface area contributed by atoms with Crippen molar-refractivity contribution in [2.24, 2.45) is 7.05 Å². The molecule has 5 heteroatoms. The highest BCUT2D eigenvalue weighted by Crippen LogP contribution is 2.25. The molecule has 132 valence electrons. The number of amides is 1. The van der Waals surface area contributed by atoms with Gasteiger partial charge in [0.25, 0.3) is 5.91 Å². The number of nitrogens with one attached hydrogen (secondary N) is 1. The van der Waals surface area contributed by atoms with E-state index in [0.29, 0.717) is 18.3 Å². The van der Waals surface area contributed by atoms with Gasteiger partial charge in [-0.2, -0.15) is 5.10 Å². The van der Waals surface area contributed by atoms with Crippen LogP contribution in [0, 0.1) is 0 Å². The van der Waals surface area contributed by atoms with E-state index in [0.717, 1.165) is 36.9 Å². The highest BCUT2D eigenvalue weighted by Gasteiger charge is 2.29. The lowest BCUT2D eigenvalue weighted by Gasteiger charge is -2.24. The highest BCUT2D eigenvalue weighted by molar-refractivity contribution is 5.94. The van der Waals surface area contributed by atoms with Crippen LogP contribution in [0.1, 0.15) is 33.7 Å². The fourth-order valence-corrected chi connectivity index (χ4v) is 3.50. The van der Waals surface area contributed by atoms with Crippen molar-refractivity contribution in [1.82, 2.24) is 20.0 Å². The molecule has 0 aliphatic heterocycles. The molecule has 1 heterocycles. The number of carbonyl (C=O) groups is 1. The first-order valence-electron chi connectivity index (χ1n) is 8.78. The van der Waals surface area contributed by atoms with Crippen LogP contribution < -0.4 is 5.32 Å². The van der Waals surface area contributed by atoms with Gasteiger partial charge in [-0.25, -0.2) is 0 Å². The number of aromatic nitrogens is 2. The number of nitrogens with zero attached hydrogens (tertiary/aromatic N) is 3. The second kappa shape index (κ2) is 7.66. The Bertz CT molecular complexity index is 751. The Kier molecular flexibility index (Phi) is 5.34. The minimum absolute atomic E-state index is 0.00919. The van der Waals surface area contributed by atoms with Crippen molar-refractivity contribution in [3.8, 4) is 0 Å². The molecule has 0 fully saturated rings. The fraction of sp³-hybridized carbons (Fsp3) is 0.400. The van der Waals surface area contributed by atoms with E-state index in [-0.39, 0.29) is 5.91 Å². The average molecular weight is 338 g/mol. The summed E-state index contributed by atoms with van der Waals surface area (Å²) in [5.74, 6) is -0.00919. The van der Waals surface area contributed by atoms with Gasteiger partial charge in [0.15, 0.2) is 5.69 Å². The summed E-state index contributed by atoms with van der Waals surface area (Å²) in [4.78, 5) is 14.7. The van der Waals surface area contributed by atoms with Crippen LogP contribution in [0.5, 0.6) is 0 Å². The summed E-state index contributed by atoms with van der Waals surface area (Å²) in [6.45, 7) is 5.14. The molecule has 1 amide bonds. The molecule has 0 unspecified atom stereocenters. The van der Waals surface area contributed by atoms with Gasteiger partial charge in [-0.3, -0.25) is 9.48 Å². The molecular formula is C20H26N4O. The summed E-state index contributed by atoms with van der Waals surface area (Å²) >= 11 is 0. The van der Waals surface area contributed by atoms with Gasteiger partial charge >= 0.3 is 0 Å². The molecule has 0 radical (unpaired) electrons. The predicted molar refractivity (Wildman–Crippen MR) is 99.5 cm³/mol. The molecule has 1 aromatic carbocycles. The topological polar surface area (TPSA) is 50.2 Å². The van der Waals surface area contributed by atoms with Gasteiger partial charge in [-0.1, -0.05) is 36.4 Å². The summed E-state index contributed by atoms with van der Waals surface area (Å²) in [6, 6.07) is 10.4. The number of hydrogen-bond acceptors (Lipinski definition) is 3. The van der Waals surface area contributed by atoms with Crippen LogP contribution in [0.3, 0.4) is 0 Å². The summed E-state index contributed by atoms with van der Waals surface area (Å²) in [5.41, 5.74) is 4.00. The molecule has 1 aliphatic rings. The summed E-state index contributed by atoms with van der Waals surface area (Å²) in [6.07, 6.45) is 4.73. The largest absolute Gasteiger partial charge is 0.336 e. The third-order valence-electron chi connectivity index (χ3n) is 4.82. The standard InChI is InChI=1S/C20H26N4O/c1-4-12-21-16-10-11-18-17(13-16)19(22-24(18)3)20(25)23(2)14-15-8-6-5-7-9-15/h4-9,16,21H,1,10-14H2,2-3H3/t16-/m0/s1. The number of aryl methyl sites for hydroxylation is 1. The zero-order chi connectivity index (χ0) is 17.8. The Balaban J connectivity index is 1.78. The summed E-state index contributed by atoms with van der Waals surface area (Å²) < 4.78 is 1.88. The van der Waals surface area contributed by atoms with Crippen molar-refractivity contribution >= 4 is 5.91 Å². The van der Waals surface area contributed by atoms with E-state index in [1.165, 1.54) is 5.69 Å². The van der Waals surface area contributed by atoms with Crippen molar-refractivity contribution in [2.75, 3.05) is 13.6 Å². The Morgan fingerprint density at radius 2 is 2.20 bits per heavy atom. The summed E-state index contributed by atoms with van der Waals surface area (Å²) in [7, 11) is 3.77. The van der Waals surface area contributed by atoms with E-state index in [1.54, 1.807) is 4.90 Å². The van der Waals surface area contributed by atoms with Crippen molar-refractivity contribution < 1.29 is 4.79 Å². The van der Waals surface area contributed by atoms with Crippen LogP contribution in [-0.2, 0) is 26.4 Å². The molecule has 0 saturated carbocycles. The van der Waals surface area contributed by atoms with Crippen LogP contribution in [0.25, 0.3) is 0 Å². The van der Waals surface area contributed by atoms with Crippen LogP contribution in [-0.4, -0.2) is 40.2 Å². The molecule has 0 saturated heterocycles. The molecule has 3 rings (SSSR count). The first-order chi connectivity index (χ1) is 12.1. The third-order valence-corrected chi connectivity index (χ3v) is 4.82. The van der Waals surface area contributed by atoms with E-state index in [9.17, 15) is 4.79 Å². The average Bonchev–Trinajstić information content (AvgIpc) is 2.96. The van der Waals surface area contributed by atoms with Gasteiger partial charge in [0, 0.05) is 44.5 Å². The Hall–Kier alpha value is -2.40. The van der Waals surface area contributed by atoms with Gasteiger partial charge in [0.1, 0.15) is 0 Å². The van der Waals surface area contributed by atoms with Crippen LogP contribution in [0.4, 0.5) is 0 Å². The van der Waals surface area contributed by atoms with Gasteiger partial charge < -0.3 is 10.2 Å². The minimum atomic E-state index is -0.00919. The predicted octanol–water partition coefficient (Wildman–Crippen LogP) is 2.33. The number of carbonyl (C=O) groups excluding carboxylic acids is 1. The lowest BCUT2D eigenvalue weighted by molar-refractivity contribution is 0.0777. The van der Waals surface area contributed by atoms with Crippen LogP contribution in [0.15, 0.2) is 43.0 Å². The smallest absolute Gasteiger partial charge is 0.274 e. The first-order valence-corrected chi connectivity index (χ1v) is 8.78. The normalized spacial score (nSPS) is 16.3. The lowest BCUT2D eigenvalue weighted by Crippen LogP contribution is -2.36. The molecule has 1 atom stereocenters. The van der Waals surface area contributed by atoms with E-state index < -0.39 is 0 Å². The highest BCUT2D eigenvalue weighted by atomic mass is 16.2. The number of hydrogen-bond donors (Lipinski definition) is 1. The molecule has 1 aliphatic carbocycles. The molecular weight excluding hydrogens is 312 g/mol. The maximum atomic E-state index is 13.0. The lowest BCUT2D eigenvalue weighted by atomic mass is 9.91. The Morgan fingerprint density at radius 3 is 2.92 bits per heavy atom. The molecule has 1 N–H and O–H groups in total. The maximum absolute atomic E-state index is 13.0. The Labute approximate surface area is 149 Å². The molecule has 0 spiro atoms. The van der Waals surface area contributed by atoms with Gasteiger partial charge in [-0.05, 0) is 24.8 Å². The van der Waals surface area contributed by atoms with Crippen molar-refractivity contribution in [1.29, 1.82) is 0 Å². The van der Waals surface area contributed by atoms with Crippen molar-refractivity contribution in [2.45, 2.75) is 31.8 Å². The van der Waals surface area contributed by atoms with E-state index >= 15 is 0 Å². The monoisotopic (exact) mass is 338 g/mol. The summed E-state index contributed by atoms with van der Waals surface area (Å²) in [5, 5.41) is 8.02. The quantitative estimate of drug-likeness (QED) is 0.823. The molecule has 2 aromatic rings. The molecule has 25 heavy (non-hydrogen) atoms. The fourth-order valence-electron chi connectivity index (χ4n) is 3.50. The SMILES string of the molecule is C=CCN[C@H]1CCc2c(c(C(=O)N(C)Cc3ccccc3)nn2C)C1. The zero-order valence-electron chi connectivity index (χ0n) is 15.0. The molecule has 5 nitrogen and oxygen atoms in total. The Morgan fingerprint density at radius 1 is 1.44 bits per heavy atom. The van der Waals surface area contributed by atoms with Crippen LogP contribution in [0.2, 0.25) is 0 Å². The first kappa shape index (κ1) is 17.4. The van der Waals surface area contributed by atoms with Gasteiger partial charge in [-0.15, -0.1) is 6.58 Å². The second-order valence-electron chi connectivity index (χ2n) is 6.68. The van der Waals surface area contributed by atoms with E-state index in [2.05, 4.69) is 17.0 Å². The third kappa shape index (κ3) is 3.82. The number of fused-ring (bicyclic) bond motifs is 1. The number of benzene rings is 1. The zero-order valence-corrected chi connectivity index (χ0v) is 15.0. The maximum Gasteiger partial charge on any atom is 0.274 e. The van der Waals surface area contributed by atoms with Gasteiger partial charge in [0.05, 0.1) is 0 Å². The van der Waals surface area contributed by atoms with E-state index in [1.807, 2.05) is 55.2 Å². The van der Waals surface area contributed by atoms with Crippen molar-refractivity contribution in [3.05, 3.63) is 65.5 Å². The second-order valence-corrected chi connectivity index (χ2v) is 6.68. The van der Waals surface area contributed by atoms with E-state index in [4.69, 9.17) is 0 Å². The van der Waals surface area contributed by atoms with Crippen LogP contribution >= 0.6 is 0 Å². The van der Waals surface area contributed by atoms with Gasteiger partial charge in [0.2, 0.25) is 0 Å². The van der Waals surface area contributed by atoms with Crippen molar-refractivity contribution in [3.63, 3.8) is 0 Å².